The van der Waals surface area contributed by atoms with Crippen LogP contribution >= 0.6 is 0 Å². The Bertz CT molecular complexity index is 831. The van der Waals surface area contributed by atoms with Crippen LogP contribution in [0.25, 0.3) is 10.9 Å². The molecule has 0 aliphatic carbocycles. The van der Waals surface area contributed by atoms with Gasteiger partial charge in [-0.05, 0) is 18.6 Å². The zero-order valence-electron chi connectivity index (χ0n) is 12.4. The topological polar surface area (TPSA) is 79.9 Å². The van der Waals surface area contributed by atoms with Crippen LogP contribution < -0.4 is 5.32 Å². The maximum Gasteiger partial charge on any atom is 0.253 e. The number of amides is 1. The molecular formula is C17H16N4O2. The van der Waals surface area contributed by atoms with Crippen molar-refractivity contribution in [1.29, 1.82) is 0 Å². The molecule has 6 heteroatoms. The molecule has 1 fully saturated rings. The van der Waals surface area contributed by atoms with Crippen molar-refractivity contribution >= 4 is 16.8 Å². The molecule has 116 valence electrons. The van der Waals surface area contributed by atoms with Gasteiger partial charge in [0.05, 0.1) is 23.3 Å². The SMILES string of the molecule is O=C(N[C@H]1CCO[C@@H]1c1cccnc1)c1cccc2cn[nH]c12. The van der Waals surface area contributed by atoms with E-state index in [-0.39, 0.29) is 18.1 Å². The van der Waals surface area contributed by atoms with Crippen LogP contribution in [0.5, 0.6) is 0 Å². The predicted octanol–water partition coefficient (Wildman–Crippen LogP) is 2.22. The number of hydrogen-bond donors (Lipinski definition) is 2. The molecule has 1 amide bonds. The molecule has 2 atom stereocenters. The number of aromatic nitrogens is 3. The Kier molecular flexibility index (Phi) is 3.51. The first-order valence-corrected chi connectivity index (χ1v) is 7.57. The molecule has 3 aromatic rings. The van der Waals surface area contributed by atoms with Gasteiger partial charge in [0.1, 0.15) is 6.10 Å². The van der Waals surface area contributed by atoms with Gasteiger partial charge in [-0.3, -0.25) is 14.9 Å². The molecule has 0 saturated carbocycles. The van der Waals surface area contributed by atoms with Crippen LogP contribution in [0.4, 0.5) is 0 Å². The van der Waals surface area contributed by atoms with Gasteiger partial charge in [-0.15, -0.1) is 0 Å². The Balaban J connectivity index is 1.57. The minimum atomic E-state index is -0.159. The Morgan fingerprint density at radius 1 is 1.26 bits per heavy atom. The number of pyridine rings is 1. The Labute approximate surface area is 132 Å². The van der Waals surface area contributed by atoms with Crippen LogP contribution in [0.2, 0.25) is 0 Å². The zero-order chi connectivity index (χ0) is 15.6. The highest BCUT2D eigenvalue weighted by Crippen LogP contribution is 2.29. The fourth-order valence-electron chi connectivity index (χ4n) is 3.01. The smallest absolute Gasteiger partial charge is 0.253 e. The predicted molar refractivity (Wildman–Crippen MR) is 84.9 cm³/mol. The van der Waals surface area contributed by atoms with E-state index in [2.05, 4.69) is 20.5 Å². The van der Waals surface area contributed by atoms with Gasteiger partial charge in [0, 0.05) is 30.0 Å². The molecule has 0 spiro atoms. The molecule has 0 radical (unpaired) electrons. The third-order valence-corrected chi connectivity index (χ3v) is 4.14. The molecule has 1 aliphatic heterocycles. The number of carbonyl (C=O) groups is 1. The first kappa shape index (κ1) is 13.9. The maximum absolute atomic E-state index is 12.7. The van der Waals surface area contributed by atoms with Crippen molar-refractivity contribution < 1.29 is 9.53 Å². The summed E-state index contributed by atoms with van der Waals surface area (Å²) in [5.74, 6) is -0.121. The Morgan fingerprint density at radius 2 is 2.22 bits per heavy atom. The molecule has 2 N–H and O–H groups in total. The molecule has 23 heavy (non-hydrogen) atoms. The number of nitrogens with zero attached hydrogens (tertiary/aromatic N) is 2. The zero-order valence-corrected chi connectivity index (χ0v) is 12.4. The number of para-hydroxylation sites is 1. The van der Waals surface area contributed by atoms with Crippen LogP contribution in [0.15, 0.2) is 48.9 Å². The van der Waals surface area contributed by atoms with Crippen LogP contribution in [0, 0.1) is 0 Å². The van der Waals surface area contributed by atoms with E-state index >= 15 is 0 Å². The van der Waals surface area contributed by atoms with E-state index in [9.17, 15) is 4.79 Å². The van der Waals surface area contributed by atoms with Crippen molar-refractivity contribution in [2.24, 2.45) is 0 Å². The summed E-state index contributed by atoms with van der Waals surface area (Å²) in [6.07, 6.45) is 5.84. The lowest BCUT2D eigenvalue weighted by atomic mass is 10.0. The molecule has 4 rings (SSSR count). The van der Waals surface area contributed by atoms with Crippen molar-refractivity contribution in [3.05, 3.63) is 60.0 Å². The second kappa shape index (κ2) is 5.81. The highest BCUT2D eigenvalue weighted by molar-refractivity contribution is 6.05. The van der Waals surface area contributed by atoms with E-state index in [0.29, 0.717) is 12.2 Å². The standard InChI is InChI=1S/C17H16N4O2/c22-17(13-5-1-3-11-10-19-21-15(11)13)20-14-6-8-23-16(14)12-4-2-7-18-9-12/h1-5,7,9-10,14,16H,6,8H2,(H,19,21)(H,20,22)/t14-,16+/m0/s1. The highest BCUT2D eigenvalue weighted by Gasteiger charge is 2.31. The van der Waals surface area contributed by atoms with Crippen LogP contribution in [-0.4, -0.2) is 33.7 Å². The summed E-state index contributed by atoms with van der Waals surface area (Å²) in [7, 11) is 0. The summed E-state index contributed by atoms with van der Waals surface area (Å²) in [5, 5.41) is 10.9. The van der Waals surface area contributed by atoms with Gasteiger partial charge < -0.3 is 10.1 Å². The Morgan fingerprint density at radius 3 is 3.09 bits per heavy atom. The third-order valence-electron chi connectivity index (χ3n) is 4.14. The fraction of sp³-hybridized carbons (Fsp3) is 0.235. The van der Waals surface area contributed by atoms with E-state index in [1.807, 2.05) is 24.3 Å². The number of nitrogens with one attached hydrogen (secondary N) is 2. The number of aromatic amines is 1. The first-order valence-electron chi connectivity index (χ1n) is 7.57. The molecule has 0 unspecified atom stereocenters. The number of hydrogen-bond acceptors (Lipinski definition) is 4. The minimum Gasteiger partial charge on any atom is -0.371 e. The van der Waals surface area contributed by atoms with Gasteiger partial charge in [0.25, 0.3) is 5.91 Å². The number of benzene rings is 1. The number of rotatable bonds is 3. The second-order valence-electron chi connectivity index (χ2n) is 5.59. The Hall–Kier alpha value is -2.73. The number of fused-ring (bicyclic) bond motifs is 1. The molecule has 1 saturated heterocycles. The summed E-state index contributed by atoms with van der Waals surface area (Å²) in [4.78, 5) is 16.8. The lowest BCUT2D eigenvalue weighted by molar-refractivity contribution is 0.0821. The summed E-state index contributed by atoms with van der Waals surface area (Å²) in [6.45, 7) is 0.624. The average molecular weight is 308 g/mol. The van der Waals surface area contributed by atoms with Crippen molar-refractivity contribution in [1.82, 2.24) is 20.5 Å². The summed E-state index contributed by atoms with van der Waals surface area (Å²) >= 11 is 0. The van der Waals surface area contributed by atoms with Crippen molar-refractivity contribution in [2.75, 3.05) is 6.61 Å². The third kappa shape index (κ3) is 2.57. The lowest BCUT2D eigenvalue weighted by Crippen LogP contribution is -2.37. The molecular weight excluding hydrogens is 292 g/mol. The van der Waals surface area contributed by atoms with Crippen LogP contribution in [0.3, 0.4) is 0 Å². The molecule has 6 nitrogen and oxygen atoms in total. The van der Waals surface area contributed by atoms with Gasteiger partial charge in [0.15, 0.2) is 0 Å². The molecule has 1 aliphatic rings. The van der Waals surface area contributed by atoms with Gasteiger partial charge in [-0.1, -0.05) is 18.2 Å². The first-order chi connectivity index (χ1) is 11.3. The normalized spacial score (nSPS) is 20.7. The number of H-pyrrole nitrogens is 1. The monoisotopic (exact) mass is 308 g/mol. The highest BCUT2D eigenvalue weighted by atomic mass is 16.5. The summed E-state index contributed by atoms with van der Waals surface area (Å²) < 4.78 is 5.79. The van der Waals surface area contributed by atoms with Crippen molar-refractivity contribution in [3.8, 4) is 0 Å². The number of ether oxygens (including phenoxy) is 1. The van der Waals surface area contributed by atoms with Gasteiger partial charge in [-0.2, -0.15) is 5.10 Å². The van der Waals surface area contributed by atoms with Crippen molar-refractivity contribution in [2.45, 2.75) is 18.6 Å². The van der Waals surface area contributed by atoms with E-state index in [4.69, 9.17) is 4.74 Å². The summed E-state index contributed by atoms with van der Waals surface area (Å²) in [6, 6.07) is 9.36. The van der Waals surface area contributed by atoms with Crippen LogP contribution in [-0.2, 0) is 4.74 Å². The van der Waals surface area contributed by atoms with E-state index in [1.165, 1.54) is 0 Å². The largest absolute Gasteiger partial charge is 0.371 e. The molecule has 3 heterocycles. The lowest BCUT2D eigenvalue weighted by Gasteiger charge is -2.20. The molecule has 2 aromatic heterocycles. The van der Waals surface area contributed by atoms with E-state index in [1.54, 1.807) is 24.7 Å². The number of carbonyl (C=O) groups excluding carboxylic acids is 1. The average Bonchev–Trinajstić information content (AvgIpc) is 3.24. The maximum atomic E-state index is 12.7. The minimum absolute atomic E-state index is 0.0649. The van der Waals surface area contributed by atoms with Gasteiger partial charge in [-0.25, -0.2) is 0 Å². The van der Waals surface area contributed by atoms with Crippen LogP contribution in [0.1, 0.15) is 28.4 Å². The molecule has 0 bridgehead atoms. The van der Waals surface area contributed by atoms with Gasteiger partial charge in [0.2, 0.25) is 0 Å². The fourth-order valence-corrected chi connectivity index (χ4v) is 3.01. The van der Waals surface area contributed by atoms with E-state index in [0.717, 1.165) is 22.9 Å². The van der Waals surface area contributed by atoms with Gasteiger partial charge >= 0.3 is 0 Å². The quantitative estimate of drug-likeness (QED) is 0.777. The summed E-state index contributed by atoms with van der Waals surface area (Å²) in [5.41, 5.74) is 2.33. The second-order valence-corrected chi connectivity index (χ2v) is 5.59. The van der Waals surface area contributed by atoms with E-state index < -0.39 is 0 Å². The molecule has 1 aromatic carbocycles. The van der Waals surface area contributed by atoms with Crippen molar-refractivity contribution in [3.63, 3.8) is 0 Å².